The minimum Gasteiger partial charge on any atom is -0.365 e. The number of carbonyl (C=O) groups excluding carboxylic acids is 2. The molecule has 14 heteroatoms. The summed E-state index contributed by atoms with van der Waals surface area (Å²) in [6.45, 7) is 0. The summed E-state index contributed by atoms with van der Waals surface area (Å²) >= 11 is 0.568. The third-order valence-electron chi connectivity index (χ3n) is 4.83. The second-order valence-electron chi connectivity index (χ2n) is 6.98. The number of hydrogen-bond donors (Lipinski definition) is 2. The first-order valence-corrected chi connectivity index (χ1v) is 10.2. The SMILES string of the molecule is Cn1ncc([N+](=O)[O-])c1C(=O)Nc1c(C(N)=O)sc2nc(C(F)(F)F)cc(-c3ccccc3)c12. The molecule has 0 saturated heterocycles. The van der Waals surface area contributed by atoms with Crippen LogP contribution < -0.4 is 11.1 Å². The predicted molar refractivity (Wildman–Crippen MR) is 116 cm³/mol. The zero-order valence-corrected chi connectivity index (χ0v) is 17.9. The van der Waals surface area contributed by atoms with Gasteiger partial charge in [0.25, 0.3) is 11.8 Å². The molecule has 3 heterocycles. The number of aromatic nitrogens is 3. The lowest BCUT2D eigenvalue weighted by Crippen LogP contribution is -2.20. The Balaban J connectivity index is 1.99. The molecule has 174 valence electrons. The monoisotopic (exact) mass is 490 g/mol. The molecule has 0 aliphatic heterocycles. The molecule has 0 radical (unpaired) electrons. The van der Waals surface area contributed by atoms with E-state index >= 15 is 0 Å². The number of alkyl halides is 3. The van der Waals surface area contributed by atoms with Crippen molar-refractivity contribution in [2.75, 3.05) is 5.32 Å². The minimum atomic E-state index is -4.78. The van der Waals surface area contributed by atoms with Crippen LogP contribution in [0.3, 0.4) is 0 Å². The van der Waals surface area contributed by atoms with Gasteiger partial charge in [-0.3, -0.25) is 24.4 Å². The topological polar surface area (TPSA) is 146 Å². The molecule has 1 aromatic carbocycles. The van der Waals surface area contributed by atoms with Crippen LogP contribution in [0.25, 0.3) is 21.3 Å². The highest BCUT2D eigenvalue weighted by Crippen LogP contribution is 2.43. The Kier molecular flexibility index (Phi) is 5.53. The van der Waals surface area contributed by atoms with Crippen molar-refractivity contribution in [1.29, 1.82) is 0 Å². The number of nitrogens with one attached hydrogen (secondary N) is 1. The van der Waals surface area contributed by atoms with Crippen molar-refractivity contribution in [3.05, 3.63) is 69.0 Å². The van der Waals surface area contributed by atoms with Crippen LogP contribution in [0.1, 0.15) is 25.9 Å². The van der Waals surface area contributed by atoms with E-state index in [4.69, 9.17) is 5.73 Å². The first kappa shape index (κ1) is 22.8. The van der Waals surface area contributed by atoms with Gasteiger partial charge in [-0.15, -0.1) is 11.3 Å². The summed E-state index contributed by atoms with van der Waals surface area (Å²) in [4.78, 5) is 38.8. The second-order valence-corrected chi connectivity index (χ2v) is 7.98. The van der Waals surface area contributed by atoms with Gasteiger partial charge in [-0.1, -0.05) is 30.3 Å². The van der Waals surface area contributed by atoms with Crippen molar-refractivity contribution >= 4 is 44.7 Å². The fraction of sp³-hybridized carbons (Fsp3) is 0.100. The van der Waals surface area contributed by atoms with Crippen LogP contribution in [0.4, 0.5) is 24.5 Å². The molecule has 10 nitrogen and oxygen atoms in total. The highest BCUT2D eigenvalue weighted by molar-refractivity contribution is 7.21. The Morgan fingerprint density at radius 2 is 1.91 bits per heavy atom. The number of pyridine rings is 1. The molecule has 2 amide bonds. The number of thiophene rings is 1. The van der Waals surface area contributed by atoms with Crippen molar-refractivity contribution in [3.8, 4) is 11.1 Å². The van der Waals surface area contributed by atoms with E-state index in [2.05, 4.69) is 15.4 Å². The van der Waals surface area contributed by atoms with Crippen LogP contribution in [-0.4, -0.2) is 31.5 Å². The van der Waals surface area contributed by atoms with E-state index in [-0.39, 0.29) is 26.3 Å². The highest BCUT2D eigenvalue weighted by Gasteiger charge is 2.35. The predicted octanol–water partition coefficient (Wildman–Crippen LogP) is 3.98. The largest absolute Gasteiger partial charge is 0.433 e. The van der Waals surface area contributed by atoms with E-state index in [0.717, 1.165) is 16.9 Å². The lowest BCUT2D eigenvalue weighted by molar-refractivity contribution is -0.385. The van der Waals surface area contributed by atoms with E-state index in [1.165, 1.54) is 7.05 Å². The molecule has 3 N–H and O–H groups in total. The summed E-state index contributed by atoms with van der Waals surface area (Å²) in [6, 6.07) is 8.78. The highest BCUT2D eigenvalue weighted by atomic mass is 32.1. The summed E-state index contributed by atoms with van der Waals surface area (Å²) in [5, 5.41) is 17.4. The van der Waals surface area contributed by atoms with Gasteiger partial charge in [0.1, 0.15) is 21.6 Å². The van der Waals surface area contributed by atoms with Gasteiger partial charge < -0.3 is 11.1 Å². The van der Waals surface area contributed by atoms with Crippen LogP contribution in [0.15, 0.2) is 42.6 Å². The molecule has 0 fully saturated rings. The van der Waals surface area contributed by atoms with Crippen molar-refractivity contribution in [3.63, 3.8) is 0 Å². The number of nitrogens with zero attached hydrogens (tertiary/aromatic N) is 4. The van der Waals surface area contributed by atoms with Gasteiger partial charge in [0.15, 0.2) is 0 Å². The molecule has 0 saturated carbocycles. The smallest absolute Gasteiger partial charge is 0.365 e. The fourth-order valence-corrected chi connectivity index (χ4v) is 4.38. The van der Waals surface area contributed by atoms with Gasteiger partial charge in [0.2, 0.25) is 5.69 Å². The Morgan fingerprint density at radius 1 is 1.24 bits per heavy atom. The molecular weight excluding hydrogens is 477 g/mol. The Hall–Kier alpha value is -4.33. The lowest BCUT2D eigenvalue weighted by Gasteiger charge is -2.12. The number of amides is 2. The molecule has 0 aliphatic carbocycles. The van der Waals surface area contributed by atoms with E-state index in [1.54, 1.807) is 30.3 Å². The number of rotatable bonds is 5. The quantitative estimate of drug-likeness (QED) is 0.320. The molecular formula is C20H13F3N6O4S. The second kappa shape index (κ2) is 8.22. The maximum absolute atomic E-state index is 13.5. The Morgan fingerprint density at radius 3 is 2.50 bits per heavy atom. The molecule has 4 aromatic rings. The fourth-order valence-electron chi connectivity index (χ4n) is 3.38. The van der Waals surface area contributed by atoms with Crippen LogP contribution in [-0.2, 0) is 13.2 Å². The molecule has 0 spiro atoms. The van der Waals surface area contributed by atoms with Gasteiger partial charge >= 0.3 is 11.9 Å². The molecule has 0 unspecified atom stereocenters. The third-order valence-corrected chi connectivity index (χ3v) is 5.93. The van der Waals surface area contributed by atoms with Crippen molar-refractivity contribution in [2.45, 2.75) is 6.18 Å². The molecule has 34 heavy (non-hydrogen) atoms. The minimum absolute atomic E-state index is 0.0381. The number of anilines is 1. The number of hydrogen-bond acceptors (Lipinski definition) is 7. The van der Waals surface area contributed by atoms with E-state index < -0.39 is 40.0 Å². The molecule has 3 aromatic heterocycles. The number of benzene rings is 1. The van der Waals surface area contributed by atoms with Gasteiger partial charge in [-0.05, 0) is 17.2 Å². The maximum atomic E-state index is 13.5. The maximum Gasteiger partial charge on any atom is 0.433 e. The average molecular weight is 490 g/mol. The zero-order valence-electron chi connectivity index (χ0n) is 17.1. The van der Waals surface area contributed by atoms with Crippen LogP contribution in [0.2, 0.25) is 0 Å². The Labute approximate surface area is 192 Å². The number of nitro groups is 1. The van der Waals surface area contributed by atoms with Gasteiger partial charge in [0.05, 0.1) is 10.6 Å². The lowest BCUT2D eigenvalue weighted by atomic mass is 10.0. The van der Waals surface area contributed by atoms with E-state index in [0.29, 0.717) is 16.9 Å². The van der Waals surface area contributed by atoms with Crippen LogP contribution >= 0.6 is 11.3 Å². The number of nitrogens with two attached hydrogens (primary N) is 1. The van der Waals surface area contributed by atoms with Gasteiger partial charge in [-0.2, -0.15) is 18.3 Å². The summed E-state index contributed by atoms with van der Waals surface area (Å²) < 4.78 is 41.6. The van der Waals surface area contributed by atoms with Gasteiger partial charge in [-0.25, -0.2) is 4.98 Å². The molecule has 0 atom stereocenters. The van der Waals surface area contributed by atoms with Crippen molar-refractivity contribution in [2.24, 2.45) is 12.8 Å². The summed E-state index contributed by atoms with van der Waals surface area (Å²) in [6.07, 6.45) is -3.91. The van der Waals surface area contributed by atoms with Crippen LogP contribution in [0, 0.1) is 10.1 Å². The third kappa shape index (κ3) is 3.94. The first-order chi connectivity index (χ1) is 16.0. The molecule has 0 aliphatic rings. The van der Waals surface area contributed by atoms with Crippen molar-refractivity contribution < 1.29 is 27.7 Å². The zero-order chi connectivity index (χ0) is 24.8. The van der Waals surface area contributed by atoms with E-state index in [9.17, 15) is 32.9 Å². The summed E-state index contributed by atoms with van der Waals surface area (Å²) in [5.41, 5.74) is 3.41. The number of carbonyl (C=O) groups is 2. The number of primary amides is 1. The molecule has 4 rings (SSSR count). The van der Waals surface area contributed by atoms with Crippen LogP contribution in [0.5, 0.6) is 0 Å². The van der Waals surface area contributed by atoms with Gasteiger partial charge in [0, 0.05) is 12.4 Å². The molecule has 0 bridgehead atoms. The number of halogens is 3. The number of fused-ring (bicyclic) bond motifs is 1. The first-order valence-electron chi connectivity index (χ1n) is 9.36. The average Bonchev–Trinajstić information content (AvgIpc) is 3.34. The van der Waals surface area contributed by atoms with E-state index in [1.807, 2.05) is 0 Å². The summed E-state index contributed by atoms with van der Waals surface area (Å²) in [7, 11) is 1.30. The summed E-state index contributed by atoms with van der Waals surface area (Å²) in [5.74, 6) is -2.03. The number of aryl methyl sites for hydroxylation is 1. The normalized spacial score (nSPS) is 11.5. The Bertz CT molecular complexity index is 1460. The standard InChI is InChI=1S/C20H13F3N6O4S/c1-28-15(11(8-25-28)29(32)33)18(31)27-14-13-10(9-5-3-2-4-6-9)7-12(20(21,22)23)26-19(13)34-16(14)17(24)30/h2-8H,1H3,(H2,24,30)(H,27,31). The van der Waals surface area contributed by atoms with Crippen molar-refractivity contribution in [1.82, 2.24) is 14.8 Å².